The summed E-state index contributed by atoms with van der Waals surface area (Å²) in [5, 5.41) is 15.1. The number of benzene rings is 2. The maximum Gasteiger partial charge on any atom is 0.234 e. The summed E-state index contributed by atoms with van der Waals surface area (Å²) in [6.07, 6.45) is -0.350. The second kappa shape index (κ2) is 12.4. The van der Waals surface area contributed by atoms with Crippen LogP contribution in [0.2, 0.25) is 0 Å². The van der Waals surface area contributed by atoms with Gasteiger partial charge < -0.3 is 24.7 Å². The number of amides is 2. The molecule has 1 atom stereocenters. The minimum absolute atomic E-state index is 0.139. The highest BCUT2D eigenvalue weighted by atomic mass is 32.2. The molecule has 10 heteroatoms. The largest absolute Gasteiger partial charge is 0.497 e. The van der Waals surface area contributed by atoms with Crippen LogP contribution in [0.3, 0.4) is 0 Å². The lowest BCUT2D eigenvalue weighted by Crippen LogP contribution is -2.17. The number of nitrogens with one attached hydrogen (secondary N) is 2. The highest BCUT2D eigenvalue weighted by Crippen LogP contribution is 2.28. The number of ether oxygens (including phenoxy) is 2. The maximum atomic E-state index is 12.6. The first-order valence-electron chi connectivity index (χ1n) is 11.7. The first-order valence-corrected chi connectivity index (χ1v) is 12.7. The Morgan fingerprint density at radius 1 is 1.06 bits per heavy atom. The van der Waals surface area contributed by atoms with Gasteiger partial charge in [-0.1, -0.05) is 31.7 Å². The lowest BCUT2D eigenvalue weighted by Gasteiger charge is -2.18. The molecular weight excluding hydrogens is 478 g/mol. The Labute approximate surface area is 216 Å². The number of hydrogen-bond donors (Lipinski definition) is 2. The Balaban J connectivity index is 1.67. The lowest BCUT2D eigenvalue weighted by molar-refractivity contribution is -0.114. The number of hydrogen-bond acceptors (Lipinski definition) is 7. The molecule has 9 nitrogen and oxygen atoms in total. The molecule has 0 fully saturated rings. The number of methoxy groups -OCH3 is 1. The van der Waals surface area contributed by atoms with Crippen LogP contribution in [0.25, 0.3) is 0 Å². The summed E-state index contributed by atoms with van der Waals surface area (Å²) in [5.41, 5.74) is 2.24. The minimum Gasteiger partial charge on any atom is -0.497 e. The van der Waals surface area contributed by atoms with E-state index in [4.69, 9.17) is 9.47 Å². The minimum atomic E-state index is -0.350. The molecule has 3 rings (SSSR count). The summed E-state index contributed by atoms with van der Waals surface area (Å²) >= 11 is 1.33. The highest BCUT2D eigenvalue weighted by Gasteiger charge is 2.21. The summed E-state index contributed by atoms with van der Waals surface area (Å²) in [6.45, 7) is 10.2. The molecule has 0 spiro atoms. The van der Waals surface area contributed by atoms with Crippen LogP contribution in [-0.2, 0) is 16.1 Å². The first kappa shape index (κ1) is 27.1. The molecule has 1 heterocycles. The van der Waals surface area contributed by atoms with Crippen molar-refractivity contribution in [2.45, 2.75) is 52.4 Å². The van der Waals surface area contributed by atoms with Crippen LogP contribution in [0, 0.1) is 12.8 Å². The SMILES string of the molecule is COc1cccc(OC(C)c2nnc(SCC(=O)Nc3ccc(NC(C)=O)c(C)c3)n2CC(C)C)c1. The van der Waals surface area contributed by atoms with Crippen LogP contribution in [-0.4, -0.2) is 39.4 Å². The van der Waals surface area contributed by atoms with Crippen molar-refractivity contribution in [2.75, 3.05) is 23.5 Å². The monoisotopic (exact) mass is 511 g/mol. The first-order chi connectivity index (χ1) is 17.2. The molecule has 0 bridgehead atoms. The number of carbonyl (C=O) groups excluding carboxylic acids is 2. The molecule has 0 aliphatic heterocycles. The number of thioether (sulfide) groups is 1. The van der Waals surface area contributed by atoms with E-state index in [0.717, 1.165) is 11.3 Å². The zero-order chi connectivity index (χ0) is 26.2. The number of carbonyl (C=O) groups is 2. The van der Waals surface area contributed by atoms with Gasteiger partial charge in [0.05, 0.1) is 12.9 Å². The van der Waals surface area contributed by atoms with Crippen LogP contribution in [0.5, 0.6) is 11.5 Å². The van der Waals surface area contributed by atoms with Gasteiger partial charge in [0.1, 0.15) is 11.5 Å². The van der Waals surface area contributed by atoms with E-state index in [0.29, 0.717) is 40.6 Å². The molecular formula is C26H33N5O4S. The van der Waals surface area contributed by atoms with E-state index >= 15 is 0 Å². The molecule has 3 aromatic rings. The molecule has 36 heavy (non-hydrogen) atoms. The van der Waals surface area contributed by atoms with Gasteiger partial charge >= 0.3 is 0 Å². The van der Waals surface area contributed by atoms with Crippen molar-refractivity contribution in [3.05, 3.63) is 53.9 Å². The standard InChI is InChI=1S/C26H33N5O4S/c1-16(2)14-31-25(18(4)35-22-9-7-8-21(13-22)34-6)29-30-26(31)36-15-24(33)28-20-10-11-23(17(3)12-20)27-19(5)32/h7-13,16,18H,14-15H2,1-6H3,(H,27,32)(H,28,33). The number of nitrogens with zero attached hydrogens (tertiary/aromatic N) is 3. The van der Waals surface area contributed by atoms with Gasteiger partial charge in [-0.05, 0) is 55.7 Å². The fourth-order valence-corrected chi connectivity index (χ4v) is 4.33. The van der Waals surface area contributed by atoms with Gasteiger partial charge in [-0.3, -0.25) is 9.59 Å². The van der Waals surface area contributed by atoms with Crippen LogP contribution in [0.4, 0.5) is 11.4 Å². The molecule has 2 amide bonds. The molecule has 1 unspecified atom stereocenters. The van der Waals surface area contributed by atoms with Crippen molar-refractivity contribution in [3.8, 4) is 11.5 Å². The number of aromatic nitrogens is 3. The van der Waals surface area contributed by atoms with Crippen molar-refractivity contribution >= 4 is 35.0 Å². The quantitative estimate of drug-likeness (QED) is 0.346. The zero-order valence-corrected chi connectivity index (χ0v) is 22.3. The third-order valence-corrected chi connectivity index (χ3v) is 6.13. The highest BCUT2D eigenvalue weighted by molar-refractivity contribution is 7.99. The third kappa shape index (κ3) is 7.48. The Morgan fingerprint density at radius 3 is 2.47 bits per heavy atom. The van der Waals surface area contributed by atoms with Gasteiger partial charge in [-0.15, -0.1) is 10.2 Å². The van der Waals surface area contributed by atoms with E-state index in [9.17, 15) is 9.59 Å². The summed E-state index contributed by atoms with van der Waals surface area (Å²) in [6, 6.07) is 12.8. The summed E-state index contributed by atoms with van der Waals surface area (Å²) in [4.78, 5) is 23.9. The average Bonchev–Trinajstić information content (AvgIpc) is 3.21. The van der Waals surface area contributed by atoms with Gasteiger partial charge in [0.15, 0.2) is 17.1 Å². The predicted octanol–water partition coefficient (Wildman–Crippen LogP) is 5.08. The second-order valence-corrected chi connectivity index (χ2v) is 9.77. The van der Waals surface area contributed by atoms with Crippen molar-refractivity contribution in [3.63, 3.8) is 0 Å². The van der Waals surface area contributed by atoms with Gasteiger partial charge in [0.25, 0.3) is 0 Å². The van der Waals surface area contributed by atoms with Crippen molar-refractivity contribution < 1.29 is 19.1 Å². The van der Waals surface area contributed by atoms with E-state index in [1.807, 2.05) is 48.7 Å². The van der Waals surface area contributed by atoms with Crippen LogP contribution >= 0.6 is 11.8 Å². The lowest BCUT2D eigenvalue weighted by atomic mass is 10.1. The van der Waals surface area contributed by atoms with Gasteiger partial charge in [-0.2, -0.15) is 0 Å². The molecule has 0 radical (unpaired) electrons. The molecule has 2 N–H and O–H groups in total. The van der Waals surface area contributed by atoms with E-state index in [2.05, 4.69) is 34.7 Å². The van der Waals surface area contributed by atoms with Gasteiger partial charge in [0, 0.05) is 30.9 Å². The molecule has 0 saturated carbocycles. The van der Waals surface area contributed by atoms with E-state index in [-0.39, 0.29) is 23.7 Å². The smallest absolute Gasteiger partial charge is 0.234 e. The number of aryl methyl sites for hydroxylation is 1. The molecule has 0 aliphatic rings. The van der Waals surface area contributed by atoms with Gasteiger partial charge in [-0.25, -0.2) is 0 Å². The summed E-state index contributed by atoms with van der Waals surface area (Å²) in [5.74, 6) is 2.31. The normalized spacial score (nSPS) is 11.8. The van der Waals surface area contributed by atoms with E-state index in [1.54, 1.807) is 19.2 Å². The molecule has 2 aromatic carbocycles. The van der Waals surface area contributed by atoms with Crippen molar-refractivity contribution in [1.29, 1.82) is 0 Å². The third-order valence-electron chi connectivity index (χ3n) is 5.16. The van der Waals surface area contributed by atoms with Crippen LogP contribution in [0.15, 0.2) is 47.6 Å². The molecule has 0 aliphatic carbocycles. The van der Waals surface area contributed by atoms with E-state index in [1.165, 1.54) is 18.7 Å². The Hall–Kier alpha value is -3.53. The topological polar surface area (TPSA) is 107 Å². The van der Waals surface area contributed by atoms with Crippen molar-refractivity contribution in [2.24, 2.45) is 5.92 Å². The number of anilines is 2. The van der Waals surface area contributed by atoms with Crippen LogP contribution in [0.1, 0.15) is 45.2 Å². The summed E-state index contributed by atoms with van der Waals surface area (Å²) in [7, 11) is 1.61. The Kier molecular flexibility index (Phi) is 9.35. The Morgan fingerprint density at radius 2 is 1.81 bits per heavy atom. The van der Waals surface area contributed by atoms with Crippen LogP contribution < -0.4 is 20.1 Å². The zero-order valence-electron chi connectivity index (χ0n) is 21.5. The maximum absolute atomic E-state index is 12.6. The summed E-state index contributed by atoms with van der Waals surface area (Å²) < 4.78 is 13.4. The second-order valence-electron chi connectivity index (χ2n) is 8.83. The van der Waals surface area contributed by atoms with Gasteiger partial charge in [0.2, 0.25) is 11.8 Å². The van der Waals surface area contributed by atoms with E-state index < -0.39 is 0 Å². The number of rotatable bonds is 11. The fourth-order valence-electron chi connectivity index (χ4n) is 3.57. The average molecular weight is 512 g/mol. The molecule has 0 saturated heterocycles. The predicted molar refractivity (Wildman–Crippen MR) is 142 cm³/mol. The van der Waals surface area contributed by atoms with Crippen molar-refractivity contribution in [1.82, 2.24) is 14.8 Å². The Bertz CT molecular complexity index is 1210. The fraction of sp³-hybridized carbons (Fsp3) is 0.385. The molecule has 1 aromatic heterocycles. The molecule has 192 valence electrons.